The summed E-state index contributed by atoms with van der Waals surface area (Å²) in [5, 5.41) is 9.67. The first kappa shape index (κ1) is 15.3. The van der Waals surface area contributed by atoms with E-state index in [0.29, 0.717) is 11.3 Å². The SMILES string of the molecule is CCOC(=O)C1=C(C)N([C@@H](CO)c2ccccc2)C(=O)C1. The van der Waals surface area contributed by atoms with E-state index in [1.165, 1.54) is 4.90 Å². The normalized spacial score (nSPS) is 16.3. The molecule has 0 radical (unpaired) electrons. The van der Waals surface area contributed by atoms with E-state index in [9.17, 15) is 14.7 Å². The Kier molecular flexibility index (Phi) is 4.75. The van der Waals surface area contributed by atoms with Gasteiger partial charge in [-0.05, 0) is 19.4 Å². The van der Waals surface area contributed by atoms with E-state index in [0.717, 1.165) is 5.56 Å². The Morgan fingerprint density at radius 3 is 2.62 bits per heavy atom. The molecular weight excluding hydrogens is 270 g/mol. The van der Waals surface area contributed by atoms with Crippen LogP contribution in [0.15, 0.2) is 41.6 Å². The van der Waals surface area contributed by atoms with Crippen LogP contribution in [0.3, 0.4) is 0 Å². The molecule has 1 aromatic carbocycles. The van der Waals surface area contributed by atoms with Crippen LogP contribution in [-0.4, -0.2) is 35.1 Å². The Morgan fingerprint density at radius 2 is 2.05 bits per heavy atom. The number of ether oxygens (including phenoxy) is 1. The van der Waals surface area contributed by atoms with Crippen LogP contribution in [0.25, 0.3) is 0 Å². The second-order valence-electron chi connectivity index (χ2n) is 4.83. The molecule has 0 bridgehead atoms. The molecule has 0 aromatic heterocycles. The van der Waals surface area contributed by atoms with Gasteiger partial charge in [0.05, 0.1) is 31.2 Å². The fraction of sp³-hybridized carbons (Fsp3) is 0.375. The van der Waals surface area contributed by atoms with Gasteiger partial charge in [-0.2, -0.15) is 0 Å². The highest BCUT2D eigenvalue weighted by atomic mass is 16.5. The van der Waals surface area contributed by atoms with Gasteiger partial charge in [0.25, 0.3) is 0 Å². The first-order valence-corrected chi connectivity index (χ1v) is 6.94. The Bertz CT molecular complexity index is 565. The highest BCUT2D eigenvalue weighted by Crippen LogP contribution is 2.33. The molecular formula is C16H19NO4. The third kappa shape index (κ3) is 2.97. The minimum atomic E-state index is -0.481. The predicted octanol–water partition coefficient (Wildman–Crippen LogP) is 1.79. The second-order valence-corrected chi connectivity index (χ2v) is 4.83. The molecule has 1 aliphatic rings. The van der Waals surface area contributed by atoms with Gasteiger partial charge >= 0.3 is 5.97 Å². The van der Waals surface area contributed by atoms with Crippen LogP contribution in [0.4, 0.5) is 0 Å². The number of rotatable bonds is 5. The number of benzene rings is 1. The second kappa shape index (κ2) is 6.54. The standard InChI is InChI=1S/C16H19NO4/c1-3-21-16(20)13-9-15(19)17(11(13)2)14(10-18)12-7-5-4-6-8-12/h4-8,14,18H,3,9-10H2,1-2H3/t14-/m0/s1. The molecule has 0 saturated heterocycles. The summed E-state index contributed by atoms with van der Waals surface area (Å²) >= 11 is 0. The molecule has 1 aromatic rings. The van der Waals surface area contributed by atoms with Crippen molar-refractivity contribution in [3.8, 4) is 0 Å². The van der Waals surface area contributed by atoms with Crippen LogP contribution in [0.5, 0.6) is 0 Å². The number of nitrogens with zero attached hydrogens (tertiary/aromatic N) is 1. The van der Waals surface area contributed by atoms with Gasteiger partial charge < -0.3 is 14.7 Å². The number of hydrogen-bond acceptors (Lipinski definition) is 4. The van der Waals surface area contributed by atoms with Crippen molar-refractivity contribution in [2.24, 2.45) is 0 Å². The van der Waals surface area contributed by atoms with Crippen LogP contribution in [0.2, 0.25) is 0 Å². The first-order valence-electron chi connectivity index (χ1n) is 6.94. The van der Waals surface area contributed by atoms with Crippen molar-refractivity contribution in [3.05, 3.63) is 47.2 Å². The predicted molar refractivity (Wildman–Crippen MR) is 77.1 cm³/mol. The van der Waals surface area contributed by atoms with Crippen LogP contribution >= 0.6 is 0 Å². The molecule has 0 spiro atoms. The zero-order valence-electron chi connectivity index (χ0n) is 12.2. The lowest BCUT2D eigenvalue weighted by Gasteiger charge is -2.28. The Morgan fingerprint density at radius 1 is 1.38 bits per heavy atom. The van der Waals surface area contributed by atoms with Crippen molar-refractivity contribution in [1.29, 1.82) is 0 Å². The van der Waals surface area contributed by atoms with E-state index in [2.05, 4.69) is 0 Å². The lowest BCUT2D eigenvalue weighted by molar-refractivity contribution is -0.139. The van der Waals surface area contributed by atoms with Crippen LogP contribution in [0, 0.1) is 0 Å². The molecule has 5 nitrogen and oxygen atoms in total. The smallest absolute Gasteiger partial charge is 0.336 e. The number of carbonyl (C=O) groups excluding carboxylic acids is 2. The van der Waals surface area contributed by atoms with E-state index in [4.69, 9.17) is 4.74 Å². The molecule has 0 saturated carbocycles. The van der Waals surface area contributed by atoms with Crippen molar-refractivity contribution in [3.63, 3.8) is 0 Å². The van der Waals surface area contributed by atoms with Gasteiger partial charge in [0, 0.05) is 5.70 Å². The Balaban J connectivity index is 2.33. The summed E-state index contributed by atoms with van der Waals surface area (Å²) in [5.41, 5.74) is 1.76. The van der Waals surface area contributed by atoms with E-state index in [1.807, 2.05) is 30.3 Å². The van der Waals surface area contributed by atoms with Crippen molar-refractivity contribution in [1.82, 2.24) is 4.90 Å². The number of allylic oxidation sites excluding steroid dienone is 1. The number of amides is 1. The lowest BCUT2D eigenvalue weighted by Crippen LogP contribution is -2.31. The van der Waals surface area contributed by atoms with Crippen molar-refractivity contribution >= 4 is 11.9 Å². The molecule has 1 atom stereocenters. The van der Waals surface area contributed by atoms with Gasteiger partial charge in [0.2, 0.25) is 5.91 Å². The first-order chi connectivity index (χ1) is 10.1. The van der Waals surface area contributed by atoms with Gasteiger partial charge in [-0.25, -0.2) is 4.79 Å². The molecule has 5 heteroatoms. The topological polar surface area (TPSA) is 66.8 Å². The fourth-order valence-corrected chi connectivity index (χ4v) is 2.55. The van der Waals surface area contributed by atoms with Crippen molar-refractivity contribution in [2.75, 3.05) is 13.2 Å². The van der Waals surface area contributed by atoms with Gasteiger partial charge in [-0.1, -0.05) is 30.3 Å². The maximum Gasteiger partial charge on any atom is 0.336 e. The van der Waals surface area contributed by atoms with E-state index in [1.54, 1.807) is 13.8 Å². The van der Waals surface area contributed by atoms with E-state index in [-0.39, 0.29) is 25.5 Å². The van der Waals surface area contributed by atoms with Crippen molar-refractivity contribution in [2.45, 2.75) is 26.3 Å². The maximum absolute atomic E-state index is 12.2. The lowest BCUT2D eigenvalue weighted by atomic mass is 10.1. The third-order valence-corrected chi connectivity index (χ3v) is 3.59. The molecule has 21 heavy (non-hydrogen) atoms. The molecule has 0 aliphatic carbocycles. The number of aliphatic hydroxyl groups is 1. The average Bonchev–Trinajstić information content (AvgIpc) is 2.78. The quantitative estimate of drug-likeness (QED) is 0.839. The fourth-order valence-electron chi connectivity index (χ4n) is 2.55. The number of hydrogen-bond donors (Lipinski definition) is 1. The molecule has 1 amide bonds. The summed E-state index contributed by atoms with van der Waals surface area (Å²) in [4.78, 5) is 25.6. The minimum Gasteiger partial charge on any atom is -0.463 e. The number of carbonyl (C=O) groups is 2. The number of esters is 1. The summed E-state index contributed by atoms with van der Waals surface area (Å²) in [6, 6.07) is 8.79. The maximum atomic E-state index is 12.2. The molecule has 2 rings (SSSR count). The van der Waals surface area contributed by atoms with Gasteiger partial charge in [0.15, 0.2) is 0 Å². The monoisotopic (exact) mass is 289 g/mol. The highest BCUT2D eigenvalue weighted by Gasteiger charge is 2.36. The minimum absolute atomic E-state index is 0.0218. The zero-order chi connectivity index (χ0) is 15.4. The van der Waals surface area contributed by atoms with Gasteiger partial charge in [-0.3, -0.25) is 4.79 Å². The Hall–Kier alpha value is -2.14. The van der Waals surface area contributed by atoms with Crippen molar-refractivity contribution < 1.29 is 19.4 Å². The van der Waals surface area contributed by atoms with E-state index >= 15 is 0 Å². The molecule has 112 valence electrons. The molecule has 1 aliphatic heterocycles. The molecule has 0 unspecified atom stereocenters. The largest absolute Gasteiger partial charge is 0.463 e. The molecule has 1 heterocycles. The van der Waals surface area contributed by atoms with E-state index < -0.39 is 12.0 Å². The number of aliphatic hydroxyl groups excluding tert-OH is 1. The summed E-state index contributed by atoms with van der Waals surface area (Å²) in [5.74, 6) is -0.658. The average molecular weight is 289 g/mol. The van der Waals surface area contributed by atoms with Gasteiger partial charge in [-0.15, -0.1) is 0 Å². The summed E-state index contributed by atoms with van der Waals surface area (Å²) in [7, 11) is 0. The third-order valence-electron chi connectivity index (χ3n) is 3.59. The van der Waals surface area contributed by atoms with Crippen LogP contribution in [-0.2, 0) is 14.3 Å². The van der Waals surface area contributed by atoms with Gasteiger partial charge in [0.1, 0.15) is 0 Å². The van der Waals surface area contributed by atoms with Crippen LogP contribution < -0.4 is 0 Å². The highest BCUT2D eigenvalue weighted by molar-refractivity contribution is 6.00. The summed E-state index contributed by atoms with van der Waals surface area (Å²) in [6.07, 6.45) is 0.0218. The Labute approximate surface area is 123 Å². The summed E-state index contributed by atoms with van der Waals surface area (Å²) < 4.78 is 4.97. The van der Waals surface area contributed by atoms with Crippen LogP contribution in [0.1, 0.15) is 31.9 Å². The zero-order valence-corrected chi connectivity index (χ0v) is 12.2. The summed E-state index contributed by atoms with van der Waals surface area (Å²) in [6.45, 7) is 3.50. The molecule has 0 fully saturated rings. The molecule has 1 N–H and O–H groups in total.